The van der Waals surface area contributed by atoms with E-state index in [0.717, 1.165) is 17.8 Å². The summed E-state index contributed by atoms with van der Waals surface area (Å²) >= 11 is 0. The lowest BCUT2D eigenvalue weighted by molar-refractivity contribution is 0.309. The van der Waals surface area contributed by atoms with Crippen LogP contribution in [0.1, 0.15) is 69.5 Å². The van der Waals surface area contributed by atoms with E-state index >= 15 is 0 Å². The fourth-order valence-corrected chi connectivity index (χ4v) is 4.24. The van der Waals surface area contributed by atoms with Gasteiger partial charge in [0.2, 0.25) is 0 Å². The topological polar surface area (TPSA) is 12.0 Å². The second-order valence-electron chi connectivity index (χ2n) is 7.39. The maximum atomic E-state index is 3.77. The number of rotatable bonds is 5. The predicted molar refractivity (Wildman–Crippen MR) is 85.9 cm³/mol. The quantitative estimate of drug-likeness (QED) is 0.803. The Hall–Kier alpha value is -0.820. The summed E-state index contributed by atoms with van der Waals surface area (Å²) in [6.45, 7) is 8.03. The standard InChI is InChI=1S/C19H29N/c1-13(2)16-6-8-17(9-7-16)14(3)20-12-19-11-15-4-5-18(19)10-15/h6-9,13-15,18-20H,4-5,10-12H2,1-3H3. The Morgan fingerprint density at radius 2 is 1.70 bits per heavy atom. The first-order valence-electron chi connectivity index (χ1n) is 8.46. The van der Waals surface area contributed by atoms with Crippen molar-refractivity contribution in [1.82, 2.24) is 5.32 Å². The molecule has 1 nitrogen and oxygen atoms in total. The van der Waals surface area contributed by atoms with E-state index < -0.39 is 0 Å². The highest BCUT2D eigenvalue weighted by atomic mass is 14.9. The highest BCUT2D eigenvalue weighted by Gasteiger charge is 2.39. The summed E-state index contributed by atoms with van der Waals surface area (Å²) in [4.78, 5) is 0. The first-order valence-corrected chi connectivity index (χ1v) is 8.46. The minimum Gasteiger partial charge on any atom is -0.310 e. The molecular weight excluding hydrogens is 242 g/mol. The van der Waals surface area contributed by atoms with Gasteiger partial charge in [0.15, 0.2) is 0 Å². The van der Waals surface area contributed by atoms with Gasteiger partial charge in [-0.05, 0) is 67.5 Å². The van der Waals surface area contributed by atoms with E-state index in [1.807, 2.05) is 0 Å². The molecule has 2 saturated carbocycles. The molecule has 2 aliphatic rings. The van der Waals surface area contributed by atoms with Crippen molar-refractivity contribution in [2.24, 2.45) is 17.8 Å². The van der Waals surface area contributed by atoms with Gasteiger partial charge < -0.3 is 5.32 Å². The molecule has 1 aromatic rings. The number of benzene rings is 1. The van der Waals surface area contributed by atoms with E-state index in [9.17, 15) is 0 Å². The number of hydrogen-bond donors (Lipinski definition) is 1. The molecule has 110 valence electrons. The van der Waals surface area contributed by atoms with Crippen molar-refractivity contribution >= 4 is 0 Å². The van der Waals surface area contributed by atoms with Crippen LogP contribution in [-0.4, -0.2) is 6.54 Å². The average Bonchev–Trinajstić information content (AvgIpc) is 3.07. The molecule has 4 unspecified atom stereocenters. The van der Waals surface area contributed by atoms with E-state index in [4.69, 9.17) is 0 Å². The third kappa shape index (κ3) is 2.93. The van der Waals surface area contributed by atoms with Crippen LogP contribution in [0.4, 0.5) is 0 Å². The molecule has 0 saturated heterocycles. The van der Waals surface area contributed by atoms with Gasteiger partial charge in [-0.1, -0.05) is 44.5 Å². The highest BCUT2D eigenvalue weighted by Crippen LogP contribution is 2.48. The monoisotopic (exact) mass is 271 g/mol. The summed E-state index contributed by atoms with van der Waals surface area (Å²) in [7, 11) is 0. The Labute approximate surface area is 124 Å². The van der Waals surface area contributed by atoms with E-state index in [1.54, 1.807) is 0 Å². The van der Waals surface area contributed by atoms with Crippen molar-refractivity contribution in [3.8, 4) is 0 Å². The van der Waals surface area contributed by atoms with Gasteiger partial charge in [-0.25, -0.2) is 0 Å². The lowest BCUT2D eigenvalue weighted by Crippen LogP contribution is -2.28. The maximum absolute atomic E-state index is 3.77. The van der Waals surface area contributed by atoms with Crippen LogP contribution in [-0.2, 0) is 0 Å². The first kappa shape index (κ1) is 14.1. The molecule has 4 atom stereocenters. The minimum absolute atomic E-state index is 0.482. The fraction of sp³-hybridized carbons (Fsp3) is 0.684. The highest BCUT2D eigenvalue weighted by molar-refractivity contribution is 5.26. The average molecular weight is 271 g/mol. The fourth-order valence-electron chi connectivity index (χ4n) is 4.24. The summed E-state index contributed by atoms with van der Waals surface area (Å²) in [5.41, 5.74) is 2.87. The Bertz CT molecular complexity index is 434. The van der Waals surface area contributed by atoms with Crippen LogP contribution in [0.25, 0.3) is 0 Å². The molecule has 1 N–H and O–H groups in total. The van der Waals surface area contributed by atoms with Crippen molar-refractivity contribution in [2.45, 2.75) is 58.4 Å². The molecule has 1 heteroatoms. The summed E-state index contributed by atoms with van der Waals surface area (Å²) in [5, 5.41) is 3.77. The Kier molecular flexibility index (Phi) is 4.16. The number of fused-ring (bicyclic) bond motifs is 2. The molecule has 0 aliphatic heterocycles. The first-order chi connectivity index (χ1) is 9.63. The number of hydrogen-bond acceptors (Lipinski definition) is 1. The second kappa shape index (κ2) is 5.89. The van der Waals surface area contributed by atoms with Crippen LogP contribution >= 0.6 is 0 Å². The Morgan fingerprint density at radius 3 is 2.25 bits per heavy atom. The molecular formula is C19H29N. The zero-order valence-corrected chi connectivity index (χ0v) is 13.2. The van der Waals surface area contributed by atoms with Crippen LogP contribution in [0.2, 0.25) is 0 Å². The van der Waals surface area contributed by atoms with Crippen molar-refractivity contribution in [3.63, 3.8) is 0 Å². The number of nitrogens with one attached hydrogen (secondary N) is 1. The van der Waals surface area contributed by atoms with Crippen LogP contribution < -0.4 is 5.32 Å². The smallest absolute Gasteiger partial charge is 0.0291 e. The molecule has 1 aromatic carbocycles. The van der Waals surface area contributed by atoms with E-state index in [1.165, 1.54) is 43.4 Å². The summed E-state index contributed by atoms with van der Waals surface area (Å²) in [6, 6.07) is 9.66. The van der Waals surface area contributed by atoms with Gasteiger partial charge in [0.05, 0.1) is 0 Å². The Morgan fingerprint density at radius 1 is 1.00 bits per heavy atom. The SMILES string of the molecule is CC(C)c1ccc(C(C)NCC2CC3CCC2C3)cc1. The molecule has 3 rings (SSSR count). The van der Waals surface area contributed by atoms with Gasteiger partial charge in [-0.15, -0.1) is 0 Å². The maximum Gasteiger partial charge on any atom is 0.0291 e. The third-order valence-electron chi connectivity index (χ3n) is 5.67. The van der Waals surface area contributed by atoms with Gasteiger partial charge in [-0.3, -0.25) is 0 Å². The van der Waals surface area contributed by atoms with Crippen LogP contribution in [0, 0.1) is 17.8 Å². The molecule has 0 radical (unpaired) electrons. The molecule has 0 aromatic heterocycles. The van der Waals surface area contributed by atoms with Gasteiger partial charge >= 0.3 is 0 Å². The summed E-state index contributed by atoms with van der Waals surface area (Å²) < 4.78 is 0. The van der Waals surface area contributed by atoms with Gasteiger partial charge in [0, 0.05) is 6.04 Å². The van der Waals surface area contributed by atoms with Crippen LogP contribution in [0.15, 0.2) is 24.3 Å². The third-order valence-corrected chi connectivity index (χ3v) is 5.67. The van der Waals surface area contributed by atoms with Crippen LogP contribution in [0.3, 0.4) is 0 Å². The molecule has 0 heterocycles. The van der Waals surface area contributed by atoms with E-state index in [-0.39, 0.29) is 0 Å². The van der Waals surface area contributed by atoms with E-state index in [2.05, 4.69) is 50.4 Å². The van der Waals surface area contributed by atoms with Gasteiger partial charge in [-0.2, -0.15) is 0 Å². The van der Waals surface area contributed by atoms with Gasteiger partial charge in [0.25, 0.3) is 0 Å². The normalized spacial score (nSPS) is 30.1. The predicted octanol–water partition coefficient (Wildman–Crippen LogP) is 4.90. The minimum atomic E-state index is 0.482. The summed E-state index contributed by atoms with van der Waals surface area (Å²) in [5.74, 6) is 3.67. The molecule has 20 heavy (non-hydrogen) atoms. The molecule has 2 fully saturated rings. The molecule has 2 aliphatic carbocycles. The van der Waals surface area contributed by atoms with Crippen molar-refractivity contribution in [1.29, 1.82) is 0 Å². The zero-order valence-electron chi connectivity index (χ0n) is 13.2. The summed E-state index contributed by atoms with van der Waals surface area (Å²) in [6.07, 6.45) is 6.00. The van der Waals surface area contributed by atoms with Crippen molar-refractivity contribution in [2.75, 3.05) is 6.54 Å². The molecule has 2 bridgehead atoms. The zero-order chi connectivity index (χ0) is 14.1. The van der Waals surface area contributed by atoms with Crippen molar-refractivity contribution in [3.05, 3.63) is 35.4 Å². The lowest BCUT2D eigenvalue weighted by Gasteiger charge is -2.24. The van der Waals surface area contributed by atoms with E-state index in [0.29, 0.717) is 12.0 Å². The van der Waals surface area contributed by atoms with Crippen LogP contribution in [0.5, 0.6) is 0 Å². The van der Waals surface area contributed by atoms with Gasteiger partial charge in [0.1, 0.15) is 0 Å². The Balaban J connectivity index is 1.52. The van der Waals surface area contributed by atoms with Crippen molar-refractivity contribution < 1.29 is 0 Å². The largest absolute Gasteiger partial charge is 0.310 e. The molecule has 0 amide bonds. The second-order valence-corrected chi connectivity index (χ2v) is 7.39. The molecule has 0 spiro atoms. The lowest BCUT2D eigenvalue weighted by atomic mass is 9.88.